The van der Waals surface area contributed by atoms with Gasteiger partial charge in [0, 0.05) is 44.7 Å². The lowest BCUT2D eigenvalue weighted by Crippen LogP contribution is -2.36. The third-order valence-electron chi connectivity index (χ3n) is 4.21. The van der Waals surface area contributed by atoms with Crippen molar-refractivity contribution >= 4 is 22.8 Å². The Morgan fingerprint density at radius 3 is 2.96 bits per heavy atom. The standard InChI is InChI=1S/C18H24N6O2/c1-4-24-12-14(10-20-24)11-23(7-8-26-3)18(25)21-15-5-6-17-16(9-15)19-13-22(17)2/h5-6,9-10,12-13H,4,7-8,11H2,1-3H3,(H,21,25). The second-order valence-electron chi connectivity index (χ2n) is 6.11. The Morgan fingerprint density at radius 1 is 1.38 bits per heavy atom. The summed E-state index contributed by atoms with van der Waals surface area (Å²) in [4.78, 5) is 18.8. The van der Waals surface area contributed by atoms with E-state index in [0.29, 0.717) is 25.4 Å². The van der Waals surface area contributed by atoms with Crippen LogP contribution in [0.5, 0.6) is 0 Å². The van der Waals surface area contributed by atoms with Crippen molar-refractivity contribution < 1.29 is 9.53 Å². The first-order chi connectivity index (χ1) is 12.6. The van der Waals surface area contributed by atoms with Crippen LogP contribution in [0.3, 0.4) is 0 Å². The first kappa shape index (κ1) is 17.9. The molecule has 8 nitrogen and oxygen atoms in total. The van der Waals surface area contributed by atoms with Gasteiger partial charge in [0.15, 0.2) is 0 Å². The van der Waals surface area contributed by atoms with Crippen molar-refractivity contribution in [3.8, 4) is 0 Å². The first-order valence-electron chi connectivity index (χ1n) is 8.58. The molecule has 1 N–H and O–H groups in total. The fraction of sp³-hybridized carbons (Fsp3) is 0.389. The van der Waals surface area contributed by atoms with E-state index >= 15 is 0 Å². The van der Waals surface area contributed by atoms with Crippen LogP contribution in [0.15, 0.2) is 36.9 Å². The molecule has 0 aliphatic carbocycles. The van der Waals surface area contributed by atoms with E-state index in [2.05, 4.69) is 15.4 Å². The molecule has 0 aliphatic heterocycles. The number of methoxy groups -OCH3 is 1. The summed E-state index contributed by atoms with van der Waals surface area (Å²) in [5, 5.41) is 7.21. The quantitative estimate of drug-likeness (QED) is 0.705. The van der Waals surface area contributed by atoms with Gasteiger partial charge < -0.3 is 19.5 Å². The monoisotopic (exact) mass is 356 g/mol. The molecule has 0 fully saturated rings. The van der Waals surface area contributed by atoms with Crippen molar-refractivity contribution in [3.63, 3.8) is 0 Å². The third-order valence-corrected chi connectivity index (χ3v) is 4.21. The smallest absolute Gasteiger partial charge is 0.322 e. The number of imidazole rings is 1. The molecule has 0 spiro atoms. The van der Waals surface area contributed by atoms with Gasteiger partial charge in [-0.05, 0) is 25.1 Å². The number of nitrogens with zero attached hydrogens (tertiary/aromatic N) is 5. The number of anilines is 1. The van der Waals surface area contributed by atoms with Crippen LogP contribution >= 0.6 is 0 Å². The molecule has 1 aromatic carbocycles. The zero-order valence-corrected chi connectivity index (χ0v) is 15.3. The molecular weight excluding hydrogens is 332 g/mol. The molecule has 8 heteroatoms. The predicted molar refractivity (Wildman–Crippen MR) is 99.9 cm³/mol. The van der Waals surface area contributed by atoms with Crippen molar-refractivity contribution in [2.75, 3.05) is 25.6 Å². The van der Waals surface area contributed by atoms with Crippen LogP contribution in [-0.4, -0.2) is 50.5 Å². The van der Waals surface area contributed by atoms with Crippen LogP contribution in [0.4, 0.5) is 10.5 Å². The molecule has 2 amide bonds. The summed E-state index contributed by atoms with van der Waals surface area (Å²) in [5.41, 5.74) is 3.57. The third kappa shape index (κ3) is 4.02. The molecule has 0 saturated heterocycles. The number of nitrogens with one attached hydrogen (secondary N) is 1. The summed E-state index contributed by atoms with van der Waals surface area (Å²) in [6, 6.07) is 5.52. The van der Waals surface area contributed by atoms with Gasteiger partial charge >= 0.3 is 6.03 Å². The molecular formula is C18H24N6O2. The summed E-state index contributed by atoms with van der Waals surface area (Å²) in [6.45, 7) is 4.26. The lowest BCUT2D eigenvalue weighted by atomic mass is 10.2. The van der Waals surface area contributed by atoms with Gasteiger partial charge in [-0.1, -0.05) is 0 Å². The Kier molecular flexibility index (Phi) is 5.52. The van der Waals surface area contributed by atoms with Crippen molar-refractivity contribution in [2.24, 2.45) is 7.05 Å². The van der Waals surface area contributed by atoms with E-state index in [1.165, 1.54) is 0 Å². The summed E-state index contributed by atoms with van der Waals surface area (Å²) >= 11 is 0. The van der Waals surface area contributed by atoms with Gasteiger partial charge in [-0.25, -0.2) is 9.78 Å². The summed E-state index contributed by atoms with van der Waals surface area (Å²) < 4.78 is 8.93. The van der Waals surface area contributed by atoms with E-state index in [-0.39, 0.29) is 6.03 Å². The summed E-state index contributed by atoms with van der Waals surface area (Å²) in [7, 11) is 3.57. The highest BCUT2D eigenvalue weighted by Gasteiger charge is 2.15. The zero-order chi connectivity index (χ0) is 18.5. The number of urea groups is 1. The number of aryl methyl sites for hydroxylation is 2. The first-order valence-corrected chi connectivity index (χ1v) is 8.58. The number of amides is 2. The Morgan fingerprint density at radius 2 is 2.23 bits per heavy atom. The number of benzene rings is 1. The maximum atomic E-state index is 12.7. The number of aromatic nitrogens is 4. The highest BCUT2D eigenvalue weighted by atomic mass is 16.5. The second-order valence-corrected chi connectivity index (χ2v) is 6.11. The van der Waals surface area contributed by atoms with Gasteiger partial charge in [0.05, 0.1) is 36.7 Å². The minimum atomic E-state index is -0.179. The molecule has 0 radical (unpaired) electrons. The zero-order valence-electron chi connectivity index (χ0n) is 15.3. The van der Waals surface area contributed by atoms with E-state index in [9.17, 15) is 4.79 Å². The van der Waals surface area contributed by atoms with Gasteiger partial charge in [-0.2, -0.15) is 5.10 Å². The number of carbonyl (C=O) groups excluding carboxylic acids is 1. The maximum Gasteiger partial charge on any atom is 0.322 e. The molecule has 26 heavy (non-hydrogen) atoms. The average Bonchev–Trinajstić information content (AvgIpc) is 3.25. The van der Waals surface area contributed by atoms with Gasteiger partial charge in [-0.15, -0.1) is 0 Å². The topological polar surface area (TPSA) is 77.2 Å². The van der Waals surface area contributed by atoms with E-state index in [1.807, 2.05) is 47.6 Å². The van der Waals surface area contributed by atoms with Gasteiger partial charge in [0.25, 0.3) is 0 Å². The SMILES string of the molecule is CCn1cc(CN(CCOC)C(=O)Nc2ccc3c(c2)ncn3C)cn1. The van der Waals surface area contributed by atoms with E-state index < -0.39 is 0 Å². The normalized spacial score (nSPS) is 11.0. The number of ether oxygens (including phenoxy) is 1. The molecule has 2 heterocycles. The molecule has 0 atom stereocenters. The number of carbonyl (C=O) groups is 1. The Hall–Kier alpha value is -2.87. The van der Waals surface area contributed by atoms with Crippen LogP contribution in [0.1, 0.15) is 12.5 Å². The van der Waals surface area contributed by atoms with Crippen LogP contribution in [0, 0.1) is 0 Å². The van der Waals surface area contributed by atoms with E-state index in [1.54, 1.807) is 24.5 Å². The molecule has 0 aliphatic rings. The molecule has 2 aromatic heterocycles. The number of rotatable bonds is 7. The maximum absolute atomic E-state index is 12.7. The minimum Gasteiger partial charge on any atom is -0.383 e. The van der Waals surface area contributed by atoms with E-state index in [0.717, 1.165) is 23.1 Å². The lowest BCUT2D eigenvalue weighted by Gasteiger charge is -2.22. The van der Waals surface area contributed by atoms with Crippen molar-refractivity contribution in [3.05, 3.63) is 42.5 Å². The Balaban J connectivity index is 1.72. The van der Waals surface area contributed by atoms with Crippen LogP contribution in [0.25, 0.3) is 11.0 Å². The predicted octanol–water partition coefficient (Wildman–Crippen LogP) is 2.47. The van der Waals surface area contributed by atoms with Crippen molar-refractivity contribution in [2.45, 2.75) is 20.0 Å². The van der Waals surface area contributed by atoms with Gasteiger partial charge in [-0.3, -0.25) is 4.68 Å². The number of hydrogen-bond acceptors (Lipinski definition) is 4. The fourth-order valence-electron chi connectivity index (χ4n) is 2.75. The number of fused-ring (bicyclic) bond motifs is 1. The van der Waals surface area contributed by atoms with Crippen LogP contribution in [-0.2, 0) is 24.9 Å². The van der Waals surface area contributed by atoms with Crippen molar-refractivity contribution in [1.82, 2.24) is 24.2 Å². The highest BCUT2D eigenvalue weighted by Crippen LogP contribution is 2.18. The minimum absolute atomic E-state index is 0.179. The largest absolute Gasteiger partial charge is 0.383 e. The van der Waals surface area contributed by atoms with Gasteiger partial charge in [0.2, 0.25) is 0 Å². The summed E-state index contributed by atoms with van der Waals surface area (Å²) in [6.07, 6.45) is 5.50. The molecule has 3 rings (SSSR count). The van der Waals surface area contributed by atoms with E-state index in [4.69, 9.17) is 4.74 Å². The molecule has 0 unspecified atom stereocenters. The fourth-order valence-corrected chi connectivity index (χ4v) is 2.75. The molecule has 0 bridgehead atoms. The van der Waals surface area contributed by atoms with Gasteiger partial charge in [0.1, 0.15) is 0 Å². The molecule has 3 aromatic rings. The Bertz CT molecular complexity index is 885. The Labute approximate surface area is 152 Å². The van der Waals surface area contributed by atoms with Crippen molar-refractivity contribution in [1.29, 1.82) is 0 Å². The molecule has 0 saturated carbocycles. The van der Waals surface area contributed by atoms with Crippen LogP contribution < -0.4 is 5.32 Å². The number of hydrogen-bond donors (Lipinski definition) is 1. The molecule has 138 valence electrons. The highest BCUT2D eigenvalue weighted by molar-refractivity contribution is 5.92. The second kappa shape index (κ2) is 8.01. The lowest BCUT2D eigenvalue weighted by molar-refractivity contribution is 0.153. The van der Waals surface area contributed by atoms with Crippen LogP contribution in [0.2, 0.25) is 0 Å². The average molecular weight is 356 g/mol. The summed E-state index contributed by atoms with van der Waals surface area (Å²) in [5.74, 6) is 0.